The zero-order valence-corrected chi connectivity index (χ0v) is 24.8. The summed E-state index contributed by atoms with van der Waals surface area (Å²) in [5.41, 5.74) is 2.11. The Kier molecular flexibility index (Phi) is 6.88. The lowest BCUT2D eigenvalue weighted by molar-refractivity contribution is 0.0516. The number of nitrogens with zero attached hydrogens (tertiary/aromatic N) is 1. The number of amides is 4. The molecule has 7 rings (SSSR count). The smallest absolute Gasteiger partial charge is 0.261 e. The van der Waals surface area contributed by atoms with Crippen molar-refractivity contribution in [2.75, 3.05) is 0 Å². The first-order valence-corrected chi connectivity index (χ1v) is 15.9. The molecule has 0 aromatic heterocycles. The van der Waals surface area contributed by atoms with Crippen molar-refractivity contribution in [3.05, 3.63) is 70.8 Å². The van der Waals surface area contributed by atoms with Crippen LogP contribution in [-0.2, 0) is 0 Å². The molecule has 2 aliphatic heterocycles. The van der Waals surface area contributed by atoms with E-state index in [1.165, 1.54) is 0 Å². The lowest BCUT2D eigenvalue weighted by atomic mass is 9.82. The fraction of sp³-hybridized carbons (Fsp3) is 0.351. The fourth-order valence-electron chi connectivity index (χ4n) is 7.56. The van der Waals surface area contributed by atoms with Gasteiger partial charge in [-0.3, -0.25) is 29.4 Å². The van der Waals surface area contributed by atoms with Crippen molar-refractivity contribution in [2.24, 2.45) is 0 Å². The second-order valence-corrected chi connectivity index (χ2v) is 12.3. The molecule has 0 unspecified atom stereocenters. The summed E-state index contributed by atoms with van der Waals surface area (Å²) in [6.45, 7) is 4.38. The van der Waals surface area contributed by atoms with Crippen LogP contribution >= 0.6 is 0 Å². The van der Waals surface area contributed by atoms with Crippen LogP contribution in [0.4, 0.5) is 0 Å². The number of fused-ring (bicyclic) bond motifs is 2. The Morgan fingerprint density at radius 2 is 0.907 bits per heavy atom. The first-order chi connectivity index (χ1) is 21.0. The molecule has 218 valence electrons. The average Bonchev–Trinajstić information content (AvgIpc) is 3.01. The summed E-state index contributed by atoms with van der Waals surface area (Å²) in [5, 5.41) is 9.20. The molecule has 0 radical (unpaired) electrons. The van der Waals surface area contributed by atoms with Crippen molar-refractivity contribution in [1.29, 1.82) is 0 Å². The molecule has 6 nitrogen and oxygen atoms in total. The minimum absolute atomic E-state index is 0.107. The van der Waals surface area contributed by atoms with Crippen LogP contribution in [0.2, 0.25) is 0 Å². The molecular weight excluding hydrogens is 536 g/mol. The van der Waals surface area contributed by atoms with Crippen LogP contribution in [0.1, 0.15) is 119 Å². The molecule has 5 aromatic carbocycles. The summed E-state index contributed by atoms with van der Waals surface area (Å²) in [6.07, 6.45) is 10.5. The molecular formula is C37H36N2O4. The molecule has 5 aromatic rings. The molecule has 2 aliphatic rings. The second kappa shape index (κ2) is 10.7. The van der Waals surface area contributed by atoms with Crippen LogP contribution in [-0.4, -0.2) is 34.6 Å². The molecule has 0 saturated heterocycles. The van der Waals surface area contributed by atoms with E-state index in [0.29, 0.717) is 33.0 Å². The highest BCUT2D eigenvalue weighted by molar-refractivity contribution is 6.41. The van der Waals surface area contributed by atoms with E-state index in [0.717, 1.165) is 96.5 Å². The molecule has 6 heteroatoms. The van der Waals surface area contributed by atoms with Crippen molar-refractivity contribution in [3.63, 3.8) is 0 Å². The Bertz CT molecular complexity index is 1840. The second-order valence-electron chi connectivity index (χ2n) is 12.3. The van der Waals surface area contributed by atoms with E-state index in [9.17, 15) is 19.2 Å². The maximum absolute atomic E-state index is 14.2. The Labute approximate surface area is 250 Å². The lowest BCUT2D eigenvalue weighted by Gasteiger charge is -2.35. The third-order valence-electron chi connectivity index (χ3n) is 9.66. The zero-order chi connectivity index (χ0) is 29.8. The maximum Gasteiger partial charge on any atom is 0.261 e. The van der Waals surface area contributed by atoms with Gasteiger partial charge in [0.25, 0.3) is 23.6 Å². The van der Waals surface area contributed by atoms with Gasteiger partial charge in [-0.15, -0.1) is 0 Å². The van der Waals surface area contributed by atoms with E-state index in [1.54, 1.807) is 17.0 Å². The van der Waals surface area contributed by atoms with Gasteiger partial charge in [-0.05, 0) is 69.4 Å². The highest BCUT2D eigenvalue weighted by atomic mass is 16.2. The highest BCUT2D eigenvalue weighted by Gasteiger charge is 2.38. The third-order valence-corrected chi connectivity index (χ3v) is 9.66. The Hall–Kier alpha value is -4.32. The number of unbranched alkanes of at least 4 members (excludes halogenated alkanes) is 6. The zero-order valence-electron chi connectivity index (χ0n) is 24.8. The van der Waals surface area contributed by atoms with Crippen molar-refractivity contribution in [2.45, 2.75) is 84.1 Å². The van der Waals surface area contributed by atoms with Crippen LogP contribution in [0.3, 0.4) is 0 Å². The largest absolute Gasteiger partial charge is 0.288 e. The lowest BCUT2D eigenvalue weighted by Crippen LogP contribution is -2.47. The number of benzene rings is 5. The van der Waals surface area contributed by atoms with Crippen molar-refractivity contribution >= 4 is 66.7 Å². The molecule has 43 heavy (non-hydrogen) atoms. The van der Waals surface area contributed by atoms with Gasteiger partial charge in [-0.1, -0.05) is 89.5 Å². The highest BCUT2D eigenvalue weighted by Crippen LogP contribution is 2.46. The molecule has 1 N–H and O–H groups in total. The van der Waals surface area contributed by atoms with Gasteiger partial charge in [0.1, 0.15) is 0 Å². The van der Waals surface area contributed by atoms with E-state index >= 15 is 0 Å². The summed E-state index contributed by atoms with van der Waals surface area (Å²) in [7, 11) is 0. The van der Waals surface area contributed by atoms with Crippen LogP contribution < -0.4 is 5.32 Å². The quantitative estimate of drug-likeness (QED) is 0.0744. The number of nitrogens with one attached hydrogen (secondary N) is 1. The van der Waals surface area contributed by atoms with E-state index in [1.807, 2.05) is 36.4 Å². The van der Waals surface area contributed by atoms with Crippen LogP contribution in [0, 0.1) is 0 Å². The third kappa shape index (κ3) is 4.14. The predicted molar refractivity (Wildman–Crippen MR) is 171 cm³/mol. The molecule has 4 amide bonds. The number of carbonyl (C=O) groups excluding carboxylic acids is 4. The van der Waals surface area contributed by atoms with E-state index in [-0.39, 0.29) is 17.9 Å². The number of rotatable bonds is 11. The molecule has 2 heterocycles. The summed E-state index contributed by atoms with van der Waals surface area (Å²) in [6, 6.07) is 15.0. The fourth-order valence-corrected chi connectivity index (χ4v) is 7.56. The summed E-state index contributed by atoms with van der Waals surface area (Å²) >= 11 is 0. The number of hydrogen-bond acceptors (Lipinski definition) is 4. The standard InChI is InChI=1S/C37H36N2O4/c1-3-5-7-9-11-21(12-10-8-6-4-2)39-36(42)28-19-15-24-22-13-17-26-32-27(35(41)38-34(26)40)18-14-23(30(22)32)25-16-20-29(37(39)43)33(28)31(24)25/h13-21H,3-12H2,1-2H3,(H,38,40,41). The van der Waals surface area contributed by atoms with Crippen LogP contribution in [0.15, 0.2) is 48.5 Å². The summed E-state index contributed by atoms with van der Waals surface area (Å²) < 4.78 is 0. The first-order valence-electron chi connectivity index (χ1n) is 15.9. The van der Waals surface area contributed by atoms with Crippen LogP contribution in [0.5, 0.6) is 0 Å². The molecule has 0 saturated carbocycles. The van der Waals surface area contributed by atoms with E-state index in [2.05, 4.69) is 19.2 Å². The molecule has 0 spiro atoms. The Morgan fingerprint density at radius 3 is 1.33 bits per heavy atom. The maximum atomic E-state index is 14.2. The average molecular weight is 573 g/mol. The summed E-state index contributed by atoms with van der Waals surface area (Å²) in [4.78, 5) is 55.5. The molecule has 0 atom stereocenters. The van der Waals surface area contributed by atoms with Gasteiger partial charge in [0.05, 0.1) is 0 Å². The van der Waals surface area contributed by atoms with Crippen molar-refractivity contribution in [3.8, 4) is 0 Å². The van der Waals surface area contributed by atoms with Gasteiger partial charge < -0.3 is 0 Å². The molecule has 0 bridgehead atoms. The van der Waals surface area contributed by atoms with Gasteiger partial charge in [-0.2, -0.15) is 0 Å². The Balaban J connectivity index is 1.39. The minimum Gasteiger partial charge on any atom is -0.288 e. The minimum atomic E-state index is -0.396. The van der Waals surface area contributed by atoms with Gasteiger partial charge in [-0.25, -0.2) is 0 Å². The number of hydrogen-bond donors (Lipinski definition) is 1. The van der Waals surface area contributed by atoms with Crippen molar-refractivity contribution < 1.29 is 19.2 Å². The number of carbonyl (C=O) groups is 4. The summed E-state index contributed by atoms with van der Waals surface area (Å²) in [5.74, 6) is -1.19. The normalized spacial score (nSPS) is 14.8. The predicted octanol–water partition coefficient (Wildman–Crippen LogP) is 8.53. The molecule has 0 fully saturated rings. The van der Waals surface area contributed by atoms with Gasteiger partial charge >= 0.3 is 0 Å². The van der Waals surface area contributed by atoms with Crippen molar-refractivity contribution in [1.82, 2.24) is 10.2 Å². The van der Waals surface area contributed by atoms with E-state index in [4.69, 9.17) is 0 Å². The van der Waals surface area contributed by atoms with E-state index < -0.39 is 11.8 Å². The van der Waals surface area contributed by atoms with Gasteiger partial charge in [0, 0.05) is 39.1 Å². The topological polar surface area (TPSA) is 83.6 Å². The monoisotopic (exact) mass is 572 g/mol. The van der Waals surface area contributed by atoms with Crippen LogP contribution in [0.25, 0.3) is 43.1 Å². The van der Waals surface area contributed by atoms with Gasteiger partial charge in [0.15, 0.2) is 0 Å². The number of imide groups is 2. The first kappa shape index (κ1) is 27.5. The Morgan fingerprint density at radius 1 is 0.512 bits per heavy atom. The SMILES string of the molecule is CCCCCCC(CCCCCC)N1C(=O)c2ccc3c4ccc5c6c(ccc(c7ccc(c2c37)C1=O)c64)C(=O)NC5=O. The van der Waals surface area contributed by atoms with Gasteiger partial charge in [0.2, 0.25) is 0 Å². The molecule has 0 aliphatic carbocycles.